The number of hydrogen-bond acceptors (Lipinski definition) is 12. The molecule has 2 atom stereocenters. The first-order valence-corrected chi connectivity index (χ1v) is 18.6. The SMILES string of the molecule is COCC1CN(S(=O)(=O)c2ccc(F)cc2)c2cc([N+](=O)[O-])c(F)cc2O1.COCC1CO1.O=[N+]([O-])c1cc(CS(=O)(=O)c2ccc(F)cc2)c(F)cc1F. The van der Waals surface area contributed by atoms with Gasteiger partial charge in [-0.1, -0.05) is 0 Å². The van der Waals surface area contributed by atoms with E-state index in [1.54, 1.807) is 7.11 Å². The summed E-state index contributed by atoms with van der Waals surface area (Å²) >= 11 is 0. The molecular weight excluding hydrogens is 789 g/mol. The molecule has 0 amide bonds. The average Bonchev–Trinajstić information content (AvgIpc) is 3.94. The third-order valence-corrected chi connectivity index (χ3v) is 11.0. The van der Waals surface area contributed by atoms with E-state index < -0.39 is 87.6 Å². The Morgan fingerprint density at radius 3 is 1.71 bits per heavy atom. The van der Waals surface area contributed by atoms with E-state index in [0.717, 1.165) is 78.2 Å². The Balaban J connectivity index is 0.000000215. The van der Waals surface area contributed by atoms with Gasteiger partial charge in [-0.3, -0.25) is 24.5 Å². The zero-order chi connectivity index (χ0) is 40.7. The number of ether oxygens (including phenoxy) is 4. The summed E-state index contributed by atoms with van der Waals surface area (Å²) in [5.74, 6) is -6.12. The highest BCUT2D eigenvalue weighted by molar-refractivity contribution is 7.92. The van der Waals surface area contributed by atoms with Gasteiger partial charge in [0.25, 0.3) is 10.0 Å². The number of nitro benzene ring substituents is 2. The van der Waals surface area contributed by atoms with Gasteiger partial charge < -0.3 is 18.9 Å². The van der Waals surface area contributed by atoms with Crippen LogP contribution < -0.4 is 9.04 Å². The first-order chi connectivity index (χ1) is 25.9. The van der Waals surface area contributed by atoms with Gasteiger partial charge in [0.15, 0.2) is 9.84 Å². The van der Waals surface area contributed by atoms with Crippen LogP contribution in [0.5, 0.6) is 5.75 Å². The molecule has 2 heterocycles. The van der Waals surface area contributed by atoms with Gasteiger partial charge in [0.05, 0.1) is 51.8 Å². The fourth-order valence-electron chi connectivity index (χ4n) is 4.81. The van der Waals surface area contributed by atoms with Gasteiger partial charge in [-0.2, -0.15) is 8.78 Å². The van der Waals surface area contributed by atoms with E-state index in [1.807, 2.05) is 0 Å². The Labute approximate surface area is 310 Å². The van der Waals surface area contributed by atoms with Crippen LogP contribution in [0.25, 0.3) is 0 Å². The lowest BCUT2D eigenvalue weighted by Gasteiger charge is -2.35. The monoisotopic (exact) mass is 819 g/mol. The largest absolute Gasteiger partial charge is 0.484 e. The van der Waals surface area contributed by atoms with Crippen LogP contribution in [0.1, 0.15) is 5.56 Å². The lowest BCUT2D eigenvalue weighted by atomic mass is 10.2. The third kappa shape index (κ3) is 10.9. The molecule has 22 heteroatoms. The van der Waals surface area contributed by atoms with Crippen LogP contribution in [0.3, 0.4) is 0 Å². The summed E-state index contributed by atoms with van der Waals surface area (Å²) in [5, 5.41) is 21.6. The van der Waals surface area contributed by atoms with E-state index in [-0.39, 0.29) is 40.4 Å². The Morgan fingerprint density at radius 2 is 1.22 bits per heavy atom. The van der Waals surface area contributed by atoms with Crippen molar-refractivity contribution in [1.82, 2.24) is 0 Å². The topological polar surface area (TPSA) is 198 Å². The van der Waals surface area contributed by atoms with E-state index in [0.29, 0.717) is 12.2 Å². The number of nitrogens with zero attached hydrogens (tertiary/aromatic N) is 3. The highest BCUT2D eigenvalue weighted by atomic mass is 32.2. The smallest absolute Gasteiger partial charge is 0.307 e. The normalized spacial score (nSPS) is 16.0. The van der Waals surface area contributed by atoms with Crippen molar-refractivity contribution < 1.29 is 67.6 Å². The molecule has 0 N–H and O–H groups in total. The summed E-state index contributed by atoms with van der Waals surface area (Å²) in [4.78, 5) is 19.1. The summed E-state index contributed by atoms with van der Waals surface area (Å²) in [6.45, 7) is 1.45. The van der Waals surface area contributed by atoms with E-state index >= 15 is 0 Å². The van der Waals surface area contributed by atoms with E-state index in [4.69, 9.17) is 18.9 Å². The lowest BCUT2D eigenvalue weighted by Crippen LogP contribution is -2.45. The molecule has 4 aromatic carbocycles. The number of anilines is 1. The van der Waals surface area contributed by atoms with Crippen LogP contribution in [-0.4, -0.2) is 79.5 Å². The van der Waals surface area contributed by atoms with Gasteiger partial charge in [0.1, 0.15) is 41.1 Å². The maximum atomic E-state index is 14.0. The Morgan fingerprint density at radius 1 is 0.727 bits per heavy atom. The molecule has 1 fully saturated rings. The summed E-state index contributed by atoms with van der Waals surface area (Å²) in [6.07, 6.45) is -0.339. The quantitative estimate of drug-likeness (QED) is 0.0607. The minimum absolute atomic E-state index is 0.00743. The summed E-state index contributed by atoms with van der Waals surface area (Å²) in [7, 11) is -5.21. The van der Waals surface area contributed by atoms with Gasteiger partial charge >= 0.3 is 11.4 Å². The fraction of sp³-hybridized carbons (Fsp3) is 0.273. The van der Waals surface area contributed by atoms with Crippen LogP contribution in [-0.2, 0) is 39.8 Å². The molecule has 2 aliphatic heterocycles. The minimum atomic E-state index is -4.21. The van der Waals surface area contributed by atoms with Crippen molar-refractivity contribution in [1.29, 1.82) is 0 Å². The predicted molar refractivity (Wildman–Crippen MR) is 182 cm³/mol. The van der Waals surface area contributed by atoms with Crippen LogP contribution >= 0.6 is 0 Å². The number of benzene rings is 4. The molecule has 2 unspecified atom stereocenters. The van der Waals surface area contributed by atoms with Crippen LogP contribution in [0.4, 0.5) is 39.0 Å². The molecule has 0 radical (unpaired) electrons. The molecule has 0 aliphatic carbocycles. The predicted octanol–water partition coefficient (Wildman–Crippen LogP) is 5.49. The Bertz CT molecular complexity index is 2250. The maximum Gasteiger partial charge on any atom is 0.307 e. The second-order valence-corrected chi connectivity index (χ2v) is 15.3. The van der Waals surface area contributed by atoms with Gasteiger partial charge in [-0.05, 0) is 48.5 Å². The maximum absolute atomic E-state index is 14.0. The minimum Gasteiger partial charge on any atom is -0.484 e. The highest BCUT2D eigenvalue weighted by Gasteiger charge is 2.37. The molecule has 296 valence electrons. The van der Waals surface area contributed by atoms with Crippen molar-refractivity contribution in [3.63, 3.8) is 0 Å². The number of epoxide rings is 1. The fourth-order valence-corrected chi connectivity index (χ4v) is 7.65. The molecule has 6 rings (SSSR count). The number of halogens is 5. The van der Waals surface area contributed by atoms with Crippen molar-refractivity contribution in [3.8, 4) is 5.75 Å². The first-order valence-electron chi connectivity index (χ1n) is 15.5. The Kier molecular flexibility index (Phi) is 13.8. The van der Waals surface area contributed by atoms with Crippen LogP contribution in [0.2, 0.25) is 0 Å². The number of sulfone groups is 1. The number of hydrogen-bond donors (Lipinski definition) is 0. The summed E-state index contributed by atoms with van der Waals surface area (Å²) < 4.78 is 138. The van der Waals surface area contributed by atoms with Gasteiger partial charge in [0.2, 0.25) is 11.6 Å². The molecule has 2 aliphatic rings. The van der Waals surface area contributed by atoms with Gasteiger partial charge in [0, 0.05) is 44.0 Å². The third-order valence-electron chi connectivity index (χ3n) is 7.50. The van der Waals surface area contributed by atoms with Crippen molar-refractivity contribution in [2.75, 3.05) is 44.9 Å². The zero-order valence-corrected chi connectivity index (χ0v) is 30.2. The lowest BCUT2D eigenvalue weighted by molar-refractivity contribution is -0.387. The van der Waals surface area contributed by atoms with Crippen LogP contribution in [0.15, 0.2) is 82.6 Å². The van der Waals surface area contributed by atoms with Crippen LogP contribution in [0, 0.1) is 49.3 Å². The van der Waals surface area contributed by atoms with Gasteiger partial charge in [-0.15, -0.1) is 0 Å². The molecule has 55 heavy (non-hydrogen) atoms. The van der Waals surface area contributed by atoms with Crippen molar-refractivity contribution in [2.45, 2.75) is 27.8 Å². The molecule has 4 aromatic rings. The van der Waals surface area contributed by atoms with Crippen molar-refractivity contribution >= 4 is 36.9 Å². The van der Waals surface area contributed by atoms with E-state index in [2.05, 4.69) is 0 Å². The summed E-state index contributed by atoms with van der Waals surface area (Å²) in [6, 6.07) is 10.3. The molecule has 1 saturated heterocycles. The molecule has 15 nitrogen and oxygen atoms in total. The number of fused-ring (bicyclic) bond motifs is 1. The number of methoxy groups -OCH3 is 2. The number of rotatable bonds is 11. The zero-order valence-electron chi connectivity index (χ0n) is 28.6. The van der Waals surface area contributed by atoms with E-state index in [9.17, 15) is 59.0 Å². The summed E-state index contributed by atoms with van der Waals surface area (Å²) in [5.41, 5.74) is -2.63. The van der Waals surface area contributed by atoms with Crippen molar-refractivity contribution in [3.05, 3.63) is 128 Å². The second-order valence-electron chi connectivity index (χ2n) is 11.5. The molecule has 0 aromatic heterocycles. The molecule has 0 spiro atoms. The average molecular weight is 820 g/mol. The Hall–Kier alpha value is -5.29. The number of nitro groups is 2. The van der Waals surface area contributed by atoms with E-state index in [1.165, 1.54) is 7.11 Å². The second kappa shape index (κ2) is 17.9. The first kappa shape index (κ1) is 42.5. The molecule has 0 saturated carbocycles. The molecular formula is C33H30F5N3O12S2. The standard InChI is InChI=1S/C16H14F2N2O6S.C13H8F3NO4S.C4H8O2/c1-25-9-11-8-19(27(23,24)12-4-2-10(17)3-5-12)15-7-14(20(21)22)13(18)6-16(15)26-11;14-9-1-3-10(4-2-9)22(20,21)7-8-5-13(17(18)19)12(16)6-11(8)15;1-5-2-4-3-6-4/h2-7,11H,8-9H2,1H3;1-6H,7H2;4H,2-3H2,1H3. The molecule has 0 bridgehead atoms. The van der Waals surface area contributed by atoms with Gasteiger partial charge in [-0.25, -0.2) is 30.0 Å². The number of sulfonamides is 1. The van der Waals surface area contributed by atoms with Crippen molar-refractivity contribution in [2.24, 2.45) is 0 Å². The highest BCUT2D eigenvalue weighted by Crippen LogP contribution is 2.41.